The molecule has 0 amide bonds. The number of carbonyl (C=O) groups is 1. The molecule has 0 aromatic heterocycles. The van der Waals surface area contributed by atoms with Gasteiger partial charge in [0.1, 0.15) is 0 Å². The molecule has 2 aliphatic rings. The second kappa shape index (κ2) is 10.1. The normalized spacial score (nSPS) is 28.1. The Morgan fingerprint density at radius 1 is 1.21 bits per heavy atom. The smallest absolute Gasteiger partial charge is 0.306 e. The van der Waals surface area contributed by atoms with Crippen molar-refractivity contribution in [2.75, 3.05) is 0 Å². The summed E-state index contributed by atoms with van der Waals surface area (Å²) in [5, 5.41) is 20.0. The molecule has 0 aliphatic heterocycles. The van der Waals surface area contributed by atoms with Gasteiger partial charge in [0.15, 0.2) is 8.32 Å². The molecule has 0 radical (unpaired) electrons. The van der Waals surface area contributed by atoms with Crippen molar-refractivity contribution >= 4 is 14.3 Å². The van der Waals surface area contributed by atoms with Crippen LogP contribution in [0.4, 0.5) is 0 Å². The SMILES string of the molecule is CC(C)(C)[Si](C)(C)OC(C=CC1CCCC(O)(CC(=O)O)C1)CCC1CCCC1. The summed E-state index contributed by atoms with van der Waals surface area (Å²) in [6.45, 7) is 11.5. The van der Waals surface area contributed by atoms with Gasteiger partial charge in [-0.05, 0) is 68.5 Å². The van der Waals surface area contributed by atoms with Crippen molar-refractivity contribution in [2.24, 2.45) is 11.8 Å². The van der Waals surface area contributed by atoms with Gasteiger partial charge >= 0.3 is 5.97 Å². The summed E-state index contributed by atoms with van der Waals surface area (Å²) in [6.07, 6.45) is 15.3. The maximum absolute atomic E-state index is 11.1. The molecule has 168 valence electrons. The number of rotatable bonds is 9. The van der Waals surface area contributed by atoms with E-state index in [0.717, 1.165) is 25.2 Å². The molecule has 3 unspecified atom stereocenters. The summed E-state index contributed by atoms with van der Waals surface area (Å²) in [4.78, 5) is 11.1. The lowest BCUT2D eigenvalue weighted by atomic mass is 9.76. The molecule has 2 N–H and O–H groups in total. The fourth-order valence-corrected chi connectivity index (χ4v) is 6.03. The molecule has 3 atom stereocenters. The van der Waals surface area contributed by atoms with E-state index < -0.39 is 19.9 Å². The molecule has 0 saturated heterocycles. The van der Waals surface area contributed by atoms with Gasteiger partial charge in [0.25, 0.3) is 0 Å². The predicted molar refractivity (Wildman–Crippen MR) is 122 cm³/mol. The van der Waals surface area contributed by atoms with E-state index in [-0.39, 0.29) is 23.5 Å². The predicted octanol–water partition coefficient (Wildman–Crippen LogP) is 6.30. The van der Waals surface area contributed by atoms with Crippen LogP contribution >= 0.6 is 0 Å². The van der Waals surface area contributed by atoms with Crippen LogP contribution in [0.2, 0.25) is 18.1 Å². The Labute approximate surface area is 179 Å². The number of carboxylic acid groups (broad SMARTS) is 1. The van der Waals surface area contributed by atoms with Gasteiger partial charge in [-0.3, -0.25) is 4.79 Å². The van der Waals surface area contributed by atoms with Crippen LogP contribution in [0.15, 0.2) is 12.2 Å². The molecule has 5 heteroatoms. The summed E-state index contributed by atoms with van der Waals surface area (Å²) in [5.41, 5.74) is -1.06. The lowest BCUT2D eigenvalue weighted by Gasteiger charge is -2.39. The Balaban J connectivity index is 2.03. The molecular formula is C24H44O4Si. The molecule has 0 bridgehead atoms. The lowest BCUT2D eigenvalue weighted by Crippen LogP contribution is -2.43. The standard InChI is InChI=1S/C24H44O4Si/c1-23(2,3)29(4,5)28-21(14-12-19-9-6-7-10-19)15-13-20-11-8-16-24(27,17-20)18-22(25)26/h13,15,19-21,27H,6-12,14,16-18H2,1-5H3,(H,25,26). The molecule has 2 saturated carbocycles. The first-order chi connectivity index (χ1) is 13.4. The van der Waals surface area contributed by atoms with Crippen LogP contribution in [-0.4, -0.2) is 36.2 Å². The van der Waals surface area contributed by atoms with Crippen LogP contribution in [0.25, 0.3) is 0 Å². The molecule has 29 heavy (non-hydrogen) atoms. The number of carboxylic acids is 1. The van der Waals surface area contributed by atoms with Crippen molar-refractivity contribution in [2.45, 2.75) is 121 Å². The van der Waals surface area contributed by atoms with Crippen LogP contribution in [0, 0.1) is 11.8 Å². The van der Waals surface area contributed by atoms with E-state index in [1.54, 1.807) is 0 Å². The number of aliphatic hydroxyl groups is 1. The average molecular weight is 425 g/mol. The van der Waals surface area contributed by atoms with Crippen molar-refractivity contribution in [3.05, 3.63) is 12.2 Å². The first-order valence-corrected chi connectivity index (χ1v) is 14.6. The van der Waals surface area contributed by atoms with Gasteiger partial charge in [0.2, 0.25) is 0 Å². The third-order valence-corrected chi connectivity index (χ3v) is 12.0. The highest BCUT2D eigenvalue weighted by Crippen LogP contribution is 2.39. The molecular weight excluding hydrogens is 380 g/mol. The monoisotopic (exact) mass is 424 g/mol. The average Bonchev–Trinajstić information content (AvgIpc) is 3.08. The minimum atomic E-state index is -1.86. The molecule has 0 heterocycles. The minimum absolute atomic E-state index is 0.131. The highest BCUT2D eigenvalue weighted by Gasteiger charge is 2.39. The van der Waals surface area contributed by atoms with Gasteiger partial charge in [0.05, 0.1) is 18.1 Å². The molecule has 0 aromatic carbocycles. The zero-order valence-corrected chi connectivity index (χ0v) is 20.4. The Morgan fingerprint density at radius 2 is 1.86 bits per heavy atom. The number of allylic oxidation sites excluding steroid dienone is 1. The maximum atomic E-state index is 11.1. The van der Waals surface area contributed by atoms with E-state index >= 15 is 0 Å². The van der Waals surface area contributed by atoms with Crippen LogP contribution in [-0.2, 0) is 9.22 Å². The minimum Gasteiger partial charge on any atom is -0.481 e. The Kier molecular flexibility index (Phi) is 8.58. The largest absolute Gasteiger partial charge is 0.481 e. The van der Waals surface area contributed by atoms with Crippen LogP contribution in [0.1, 0.15) is 91.4 Å². The molecule has 4 nitrogen and oxygen atoms in total. The van der Waals surface area contributed by atoms with Crippen molar-refractivity contribution < 1.29 is 19.4 Å². The van der Waals surface area contributed by atoms with E-state index in [2.05, 4.69) is 46.0 Å². The second-order valence-electron chi connectivity index (χ2n) is 11.2. The van der Waals surface area contributed by atoms with Crippen LogP contribution in [0.5, 0.6) is 0 Å². The summed E-state index contributed by atoms with van der Waals surface area (Å²) in [6, 6.07) is 0. The Bertz CT molecular complexity index is 560. The quantitative estimate of drug-likeness (QED) is 0.337. The van der Waals surface area contributed by atoms with Gasteiger partial charge in [-0.2, -0.15) is 0 Å². The highest BCUT2D eigenvalue weighted by atomic mass is 28.4. The van der Waals surface area contributed by atoms with Gasteiger partial charge in [-0.25, -0.2) is 0 Å². The first-order valence-electron chi connectivity index (χ1n) is 11.7. The molecule has 2 rings (SSSR count). The second-order valence-corrected chi connectivity index (χ2v) is 15.9. The molecule has 2 aliphatic carbocycles. The Hall–Kier alpha value is -0.653. The number of hydrogen-bond donors (Lipinski definition) is 2. The van der Waals surface area contributed by atoms with Gasteiger partial charge in [-0.15, -0.1) is 0 Å². The van der Waals surface area contributed by atoms with E-state index in [4.69, 9.17) is 9.53 Å². The van der Waals surface area contributed by atoms with Crippen molar-refractivity contribution in [1.82, 2.24) is 0 Å². The molecule has 2 fully saturated rings. The lowest BCUT2D eigenvalue weighted by molar-refractivity contribution is -0.144. The summed E-state index contributed by atoms with van der Waals surface area (Å²) in [7, 11) is -1.86. The van der Waals surface area contributed by atoms with Crippen LogP contribution < -0.4 is 0 Å². The summed E-state index contributed by atoms with van der Waals surface area (Å²) < 4.78 is 6.77. The topological polar surface area (TPSA) is 66.8 Å². The van der Waals surface area contributed by atoms with E-state index in [0.29, 0.717) is 12.8 Å². The number of hydrogen-bond acceptors (Lipinski definition) is 3. The first kappa shape index (κ1) is 24.6. The van der Waals surface area contributed by atoms with E-state index in [1.165, 1.54) is 32.1 Å². The van der Waals surface area contributed by atoms with E-state index in [9.17, 15) is 9.90 Å². The van der Waals surface area contributed by atoms with E-state index in [1.807, 2.05) is 0 Å². The summed E-state index contributed by atoms with van der Waals surface area (Å²) >= 11 is 0. The molecule has 0 spiro atoms. The highest BCUT2D eigenvalue weighted by molar-refractivity contribution is 6.74. The van der Waals surface area contributed by atoms with Gasteiger partial charge in [-0.1, -0.05) is 58.6 Å². The molecule has 0 aromatic rings. The van der Waals surface area contributed by atoms with Gasteiger partial charge < -0.3 is 14.6 Å². The van der Waals surface area contributed by atoms with Gasteiger partial charge in [0, 0.05) is 0 Å². The third-order valence-electron chi connectivity index (χ3n) is 7.52. The van der Waals surface area contributed by atoms with Crippen molar-refractivity contribution in [3.63, 3.8) is 0 Å². The maximum Gasteiger partial charge on any atom is 0.306 e. The fraction of sp³-hybridized carbons (Fsp3) is 0.875. The van der Waals surface area contributed by atoms with Crippen molar-refractivity contribution in [3.8, 4) is 0 Å². The number of aliphatic carboxylic acids is 1. The zero-order chi connectivity index (χ0) is 21.7. The third kappa shape index (κ3) is 7.84. The Morgan fingerprint density at radius 3 is 2.45 bits per heavy atom. The van der Waals surface area contributed by atoms with Crippen LogP contribution in [0.3, 0.4) is 0 Å². The fourth-order valence-electron chi connectivity index (χ4n) is 4.72. The zero-order valence-electron chi connectivity index (χ0n) is 19.4. The summed E-state index contributed by atoms with van der Waals surface area (Å²) in [5.74, 6) is 0.183. The van der Waals surface area contributed by atoms with Crippen molar-refractivity contribution in [1.29, 1.82) is 0 Å².